The van der Waals surface area contributed by atoms with Crippen molar-refractivity contribution in [3.63, 3.8) is 0 Å². The normalized spacial score (nSPS) is 19.3. The number of piperidine rings is 1. The fourth-order valence-electron chi connectivity index (χ4n) is 3.42. The molecule has 1 amide bonds. The lowest BCUT2D eigenvalue weighted by atomic mass is 9.89. The molecule has 3 rings (SSSR count). The molecule has 1 atom stereocenters. The molecular weight excluding hydrogens is 288 g/mol. The van der Waals surface area contributed by atoms with E-state index >= 15 is 0 Å². The highest BCUT2D eigenvalue weighted by atomic mass is 16.2. The summed E-state index contributed by atoms with van der Waals surface area (Å²) in [4.78, 5) is 19.4. The minimum absolute atomic E-state index is 0.236. The molecule has 2 aromatic rings. The van der Waals surface area contributed by atoms with E-state index in [-0.39, 0.29) is 11.3 Å². The van der Waals surface area contributed by atoms with E-state index in [0.717, 1.165) is 48.4 Å². The lowest BCUT2D eigenvalue weighted by Gasteiger charge is -2.36. The van der Waals surface area contributed by atoms with E-state index in [1.54, 1.807) is 0 Å². The summed E-state index contributed by atoms with van der Waals surface area (Å²) in [6.07, 6.45) is 2.12. The minimum Gasteiger partial charge on any atom is -0.342 e. The lowest BCUT2D eigenvalue weighted by molar-refractivity contribution is -0.140. The van der Waals surface area contributed by atoms with Gasteiger partial charge in [-0.25, -0.2) is 4.98 Å². The van der Waals surface area contributed by atoms with E-state index in [1.807, 2.05) is 44.3 Å². The average Bonchev–Trinajstić information content (AvgIpc) is 2.80. The van der Waals surface area contributed by atoms with Crippen molar-refractivity contribution in [1.29, 1.82) is 0 Å². The Bertz CT molecular complexity index is 741. The number of pyridine rings is 1. The summed E-state index contributed by atoms with van der Waals surface area (Å²) in [7, 11) is 1.93. The molecule has 1 fully saturated rings. The van der Waals surface area contributed by atoms with Gasteiger partial charge in [0.1, 0.15) is 0 Å². The number of hydrogen-bond donors (Lipinski definition) is 0. The maximum absolute atomic E-state index is 12.6. The molecule has 3 heterocycles. The first kappa shape index (κ1) is 16.0. The van der Waals surface area contributed by atoms with Gasteiger partial charge >= 0.3 is 0 Å². The van der Waals surface area contributed by atoms with Crippen molar-refractivity contribution in [2.45, 2.75) is 46.5 Å². The van der Waals surface area contributed by atoms with E-state index in [0.29, 0.717) is 5.92 Å². The zero-order valence-corrected chi connectivity index (χ0v) is 14.8. The van der Waals surface area contributed by atoms with Crippen molar-refractivity contribution in [3.8, 4) is 0 Å². The van der Waals surface area contributed by atoms with Gasteiger partial charge in [0.2, 0.25) is 5.91 Å². The molecule has 0 spiro atoms. The van der Waals surface area contributed by atoms with Gasteiger partial charge < -0.3 is 4.90 Å². The monoisotopic (exact) mass is 314 g/mol. The highest BCUT2D eigenvalue weighted by molar-refractivity contribution is 5.81. The van der Waals surface area contributed by atoms with Gasteiger partial charge in [-0.2, -0.15) is 5.10 Å². The van der Waals surface area contributed by atoms with Crippen LogP contribution in [-0.2, 0) is 11.8 Å². The number of hydrogen-bond acceptors (Lipinski definition) is 3. The number of nitrogens with zero attached hydrogens (tertiary/aromatic N) is 4. The quantitative estimate of drug-likeness (QED) is 0.813. The predicted octanol–water partition coefficient (Wildman–Crippen LogP) is 3.03. The second-order valence-corrected chi connectivity index (χ2v) is 7.66. The molecule has 5 heteroatoms. The van der Waals surface area contributed by atoms with Gasteiger partial charge in [0.15, 0.2) is 5.65 Å². The topological polar surface area (TPSA) is 51.0 Å². The van der Waals surface area contributed by atoms with Crippen LogP contribution in [-0.4, -0.2) is 38.7 Å². The Hall–Kier alpha value is -1.91. The highest BCUT2D eigenvalue weighted by Gasteiger charge is 2.32. The van der Waals surface area contributed by atoms with E-state index < -0.39 is 0 Å². The fourth-order valence-corrected chi connectivity index (χ4v) is 3.42. The van der Waals surface area contributed by atoms with Crippen LogP contribution in [0.5, 0.6) is 0 Å². The molecule has 1 saturated heterocycles. The molecule has 1 aliphatic heterocycles. The molecule has 0 aromatic carbocycles. The van der Waals surface area contributed by atoms with Crippen LogP contribution in [0.25, 0.3) is 11.0 Å². The van der Waals surface area contributed by atoms with Crippen molar-refractivity contribution < 1.29 is 4.79 Å². The van der Waals surface area contributed by atoms with Crippen LogP contribution < -0.4 is 0 Å². The summed E-state index contributed by atoms with van der Waals surface area (Å²) in [6.45, 7) is 9.60. The average molecular weight is 314 g/mol. The first-order valence-electron chi connectivity index (χ1n) is 8.37. The summed E-state index contributed by atoms with van der Waals surface area (Å²) in [5.74, 6) is 0.550. The number of likely N-dealkylation sites (tertiary alicyclic amines) is 1. The molecule has 124 valence electrons. The fraction of sp³-hybridized carbons (Fsp3) is 0.611. The zero-order chi connectivity index (χ0) is 16.8. The van der Waals surface area contributed by atoms with Crippen molar-refractivity contribution in [2.24, 2.45) is 12.5 Å². The van der Waals surface area contributed by atoms with Crippen molar-refractivity contribution in [1.82, 2.24) is 19.7 Å². The van der Waals surface area contributed by atoms with Crippen LogP contribution >= 0.6 is 0 Å². The minimum atomic E-state index is -0.321. The summed E-state index contributed by atoms with van der Waals surface area (Å²) in [5, 5.41) is 5.55. The number of fused-ring (bicyclic) bond motifs is 1. The molecule has 1 aliphatic rings. The van der Waals surface area contributed by atoms with Crippen molar-refractivity contribution in [3.05, 3.63) is 23.5 Å². The third-order valence-electron chi connectivity index (χ3n) is 4.66. The van der Waals surface area contributed by atoms with Gasteiger partial charge in [-0.15, -0.1) is 0 Å². The third kappa shape index (κ3) is 2.96. The molecule has 0 bridgehead atoms. The number of amides is 1. The largest absolute Gasteiger partial charge is 0.342 e. The number of rotatable bonds is 1. The van der Waals surface area contributed by atoms with Crippen LogP contribution in [0.4, 0.5) is 0 Å². The van der Waals surface area contributed by atoms with Gasteiger partial charge in [0, 0.05) is 42.6 Å². The maximum atomic E-state index is 12.6. The van der Waals surface area contributed by atoms with Crippen molar-refractivity contribution in [2.75, 3.05) is 13.1 Å². The lowest BCUT2D eigenvalue weighted by Crippen LogP contribution is -2.44. The van der Waals surface area contributed by atoms with Gasteiger partial charge in [0.25, 0.3) is 0 Å². The Balaban J connectivity index is 1.87. The summed E-state index contributed by atoms with van der Waals surface area (Å²) in [6, 6.07) is 4.22. The van der Waals surface area contributed by atoms with Crippen LogP contribution in [0.3, 0.4) is 0 Å². The van der Waals surface area contributed by atoms with E-state index in [4.69, 9.17) is 4.98 Å². The van der Waals surface area contributed by atoms with Crippen LogP contribution in [0, 0.1) is 12.3 Å². The zero-order valence-electron chi connectivity index (χ0n) is 14.8. The molecule has 0 saturated carbocycles. The maximum Gasteiger partial charge on any atom is 0.227 e. The first-order valence-corrected chi connectivity index (χ1v) is 8.37. The molecular formula is C18H26N4O. The van der Waals surface area contributed by atoms with Crippen LogP contribution in [0.1, 0.15) is 50.9 Å². The molecule has 0 N–H and O–H groups in total. The Kier molecular flexibility index (Phi) is 3.90. The molecule has 0 unspecified atom stereocenters. The second-order valence-electron chi connectivity index (χ2n) is 7.66. The number of carbonyl (C=O) groups is 1. The molecule has 23 heavy (non-hydrogen) atoms. The third-order valence-corrected chi connectivity index (χ3v) is 4.66. The van der Waals surface area contributed by atoms with E-state index in [1.165, 1.54) is 0 Å². The van der Waals surface area contributed by atoms with Gasteiger partial charge in [-0.05, 0) is 31.9 Å². The molecule has 0 aliphatic carbocycles. The summed E-state index contributed by atoms with van der Waals surface area (Å²) < 4.78 is 1.84. The van der Waals surface area contributed by atoms with E-state index in [2.05, 4.69) is 17.2 Å². The highest BCUT2D eigenvalue weighted by Crippen LogP contribution is 2.30. The van der Waals surface area contributed by atoms with Gasteiger partial charge in [0.05, 0.1) is 5.69 Å². The Morgan fingerprint density at radius 3 is 2.74 bits per heavy atom. The molecule has 0 radical (unpaired) electrons. The Morgan fingerprint density at radius 2 is 2.04 bits per heavy atom. The van der Waals surface area contributed by atoms with Gasteiger partial charge in [-0.1, -0.05) is 20.8 Å². The van der Waals surface area contributed by atoms with Gasteiger partial charge in [-0.3, -0.25) is 9.48 Å². The Labute approximate surface area is 137 Å². The van der Waals surface area contributed by atoms with Crippen LogP contribution in [0.15, 0.2) is 12.1 Å². The standard InChI is InChI=1S/C18H26N4O/c1-12-14-8-9-15(19-16(14)21(5)20-12)13-7-6-10-22(11-13)17(23)18(2,3)4/h8-9,13H,6-7,10-11H2,1-5H3/t13-/m0/s1. The van der Waals surface area contributed by atoms with E-state index in [9.17, 15) is 4.79 Å². The summed E-state index contributed by atoms with van der Waals surface area (Å²) in [5.41, 5.74) is 2.69. The smallest absolute Gasteiger partial charge is 0.227 e. The van der Waals surface area contributed by atoms with Crippen molar-refractivity contribution >= 4 is 16.9 Å². The predicted molar refractivity (Wildman–Crippen MR) is 91.3 cm³/mol. The number of aromatic nitrogens is 3. The number of aryl methyl sites for hydroxylation is 2. The summed E-state index contributed by atoms with van der Waals surface area (Å²) >= 11 is 0. The molecule has 2 aromatic heterocycles. The second kappa shape index (κ2) is 5.62. The van der Waals surface area contributed by atoms with Crippen LogP contribution in [0.2, 0.25) is 0 Å². The number of carbonyl (C=O) groups excluding carboxylic acids is 1. The SMILES string of the molecule is Cc1nn(C)c2nc([C@H]3CCCN(C(=O)C(C)(C)C)C3)ccc12. The molecule has 5 nitrogen and oxygen atoms in total. The first-order chi connectivity index (χ1) is 10.8. The Morgan fingerprint density at radius 1 is 1.30 bits per heavy atom.